The van der Waals surface area contributed by atoms with Gasteiger partial charge in [-0.3, -0.25) is 0 Å². The lowest BCUT2D eigenvalue weighted by molar-refractivity contribution is 0.0596. The first-order valence-electron chi connectivity index (χ1n) is 6.63. The first-order valence-corrected chi connectivity index (χ1v) is 6.63. The number of carbonyl (C=O) groups excluding carboxylic acids is 1. The van der Waals surface area contributed by atoms with Gasteiger partial charge in [-0.2, -0.15) is 4.98 Å². The molecule has 2 heterocycles. The third kappa shape index (κ3) is 2.85. The lowest BCUT2D eigenvalue weighted by atomic mass is 9.97. The number of anilines is 1. The van der Waals surface area contributed by atoms with E-state index in [1.807, 2.05) is 6.92 Å². The van der Waals surface area contributed by atoms with Gasteiger partial charge in [0.2, 0.25) is 5.88 Å². The first-order chi connectivity index (χ1) is 9.56. The van der Waals surface area contributed by atoms with Crippen molar-refractivity contribution in [3.8, 4) is 5.88 Å². The second-order valence-corrected chi connectivity index (χ2v) is 5.00. The van der Waals surface area contributed by atoms with Crippen LogP contribution in [0.15, 0.2) is 12.1 Å². The van der Waals surface area contributed by atoms with Gasteiger partial charge in [-0.1, -0.05) is 6.92 Å². The van der Waals surface area contributed by atoms with Crippen LogP contribution in [0.4, 0.5) is 5.82 Å². The van der Waals surface area contributed by atoms with Crippen molar-refractivity contribution in [2.75, 3.05) is 32.2 Å². The molecular weight excluding hydrogens is 260 g/mol. The third-order valence-corrected chi connectivity index (χ3v) is 3.63. The number of aromatic nitrogens is 1. The Kier molecular flexibility index (Phi) is 4.44. The monoisotopic (exact) mass is 280 g/mol. The Hall–Kier alpha value is -1.82. The molecule has 1 aliphatic heterocycles. The molecule has 20 heavy (non-hydrogen) atoms. The van der Waals surface area contributed by atoms with Crippen molar-refractivity contribution in [1.82, 2.24) is 4.98 Å². The van der Waals surface area contributed by atoms with Crippen LogP contribution in [-0.4, -0.2) is 49.5 Å². The molecule has 2 unspecified atom stereocenters. The summed E-state index contributed by atoms with van der Waals surface area (Å²) in [6.07, 6.45) is 0.451. The Labute approximate surface area is 118 Å². The SMILES string of the molecule is COC(=O)c1ccc(N2CCC(O)C(C)C2)nc1OC. The smallest absolute Gasteiger partial charge is 0.343 e. The number of hydrogen-bond donors (Lipinski definition) is 1. The molecule has 2 rings (SSSR count). The van der Waals surface area contributed by atoms with Gasteiger partial charge in [-0.25, -0.2) is 4.79 Å². The van der Waals surface area contributed by atoms with Crippen LogP contribution in [0, 0.1) is 5.92 Å². The standard InChI is InChI=1S/C14H20N2O4/c1-9-8-16(7-6-11(9)17)12-5-4-10(14(18)20-3)13(15-12)19-2/h4-5,9,11,17H,6-8H2,1-3H3. The van der Waals surface area contributed by atoms with E-state index in [0.29, 0.717) is 12.0 Å². The van der Waals surface area contributed by atoms with E-state index in [-0.39, 0.29) is 17.9 Å². The van der Waals surface area contributed by atoms with Crippen molar-refractivity contribution in [2.45, 2.75) is 19.4 Å². The Bertz CT molecular complexity index is 492. The van der Waals surface area contributed by atoms with Crippen LogP contribution in [0.3, 0.4) is 0 Å². The molecule has 6 nitrogen and oxygen atoms in total. The molecule has 110 valence electrons. The number of esters is 1. The molecule has 0 radical (unpaired) electrons. The number of pyridine rings is 1. The number of rotatable bonds is 3. The van der Waals surface area contributed by atoms with Gasteiger partial charge in [-0.05, 0) is 24.5 Å². The molecule has 2 atom stereocenters. The minimum atomic E-state index is -0.469. The molecule has 0 aliphatic carbocycles. The first kappa shape index (κ1) is 14.6. The number of nitrogens with zero attached hydrogens (tertiary/aromatic N) is 2. The highest BCUT2D eigenvalue weighted by atomic mass is 16.5. The number of aliphatic hydroxyl groups excluding tert-OH is 1. The maximum atomic E-state index is 11.6. The Balaban J connectivity index is 2.23. The number of piperidine rings is 1. The number of carbonyl (C=O) groups is 1. The highest BCUT2D eigenvalue weighted by Gasteiger charge is 2.26. The normalized spacial score (nSPS) is 22.5. The van der Waals surface area contributed by atoms with Crippen LogP contribution in [-0.2, 0) is 4.74 Å². The maximum absolute atomic E-state index is 11.6. The summed E-state index contributed by atoms with van der Waals surface area (Å²) < 4.78 is 9.85. The van der Waals surface area contributed by atoms with Crippen molar-refractivity contribution in [1.29, 1.82) is 0 Å². The zero-order chi connectivity index (χ0) is 14.7. The molecule has 0 saturated carbocycles. The van der Waals surface area contributed by atoms with Gasteiger partial charge < -0.3 is 19.5 Å². The van der Waals surface area contributed by atoms with Gasteiger partial charge in [0, 0.05) is 13.1 Å². The van der Waals surface area contributed by atoms with Crippen LogP contribution < -0.4 is 9.64 Å². The molecule has 6 heteroatoms. The predicted octanol–water partition coefficient (Wildman–Crippen LogP) is 1.08. The van der Waals surface area contributed by atoms with Gasteiger partial charge in [0.05, 0.1) is 20.3 Å². The van der Waals surface area contributed by atoms with E-state index in [4.69, 9.17) is 4.74 Å². The summed E-state index contributed by atoms with van der Waals surface area (Å²) >= 11 is 0. The fourth-order valence-corrected chi connectivity index (χ4v) is 2.37. The van der Waals surface area contributed by atoms with E-state index in [0.717, 1.165) is 18.9 Å². The van der Waals surface area contributed by atoms with Crippen molar-refractivity contribution in [3.63, 3.8) is 0 Å². The van der Waals surface area contributed by atoms with E-state index in [2.05, 4.69) is 14.6 Å². The topological polar surface area (TPSA) is 71.9 Å². The molecule has 1 N–H and O–H groups in total. The van der Waals surface area contributed by atoms with Gasteiger partial charge >= 0.3 is 5.97 Å². The summed E-state index contributed by atoms with van der Waals surface area (Å²) in [5.74, 6) is 0.724. The second-order valence-electron chi connectivity index (χ2n) is 5.00. The van der Waals surface area contributed by atoms with E-state index in [9.17, 15) is 9.90 Å². The summed E-state index contributed by atoms with van der Waals surface area (Å²) in [5.41, 5.74) is 0.309. The van der Waals surface area contributed by atoms with Crippen LogP contribution in [0.2, 0.25) is 0 Å². The van der Waals surface area contributed by atoms with Gasteiger partial charge in [-0.15, -0.1) is 0 Å². The van der Waals surface area contributed by atoms with Crippen LogP contribution in [0.5, 0.6) is 5.88 Å². The molecule has 1 aliphatic rings. The second kappa shape index (κ2) is 6.09. The summed E-state index contributed by atoms with van der Waals surface area (Å²) in [4.78, 5) is 18.0. The van der Waals surface area contributed by atoms with E-state index in [1.165, 1.54) is 14.2 Å². The molecule has 0 amide bonds. The number of hydrogen-bond acceptors (Lipinski definition) is 6. The molecule has 0 aromatic carbocycles. The van der Waals surface area contributed by atoms with Crippen molar-refractivity contribution in [3.05, 3.63) is 17.7 Å². The fraction of sp³-hybridized carbons (Fsp3) is 0.571. The largest absolute Gasteiger partial charge is 0.480 e. The summed E-state index contributed by atoms with van der Waals surface area (Å²) in [6.45, 7) is 3.48. The van der Waals surface area contributed by atoms with E-state index < -0.39 is 5.97 Å². The van der Waals surface area contributed by atoms with Crippen molar-refractivity contribution < 1.29 is 19.4 Å². The molecule has 1 aromatic heterocycles. The third-order valence-electron chi connectivity index (χ3n) is 3.63. The molecule has 1 aromatic rings. The minimum absolute atomic E-state index is 0.192. The van der Waals surface area contributed by atoms with Gasteiger partial charge in [0.1, 0.15) is 11.4 Å². The van der Waals surface area contributed by atoms with Crippen molar-refractivity contribution in [2.24, 2.45) is 5.92 Å². The average molecular weight is 280 g/mol. The molecule has 0 bridgehead atoms. The Morgan fingerprint density at radius 2 is 2.20 bits per heavy atom. The lowest BCUT2D eigenvalue weighted by Gasteiger charge is -2.35. The van der Waals surface area contributed by atoms with E-state index in [1.54, 1.807) is 12.1 Å². The highest BCUT2D eigenvalue weighted by molar-refractivity contribution is 5.92. The number of aliphatic hydroxyl groups is 1. The summed E-state index contributed by atoms with van der Waals surface area (Å²) in [5, 5.41) is 9.76. The Morgan fingerprint density at radius 3 is 2.80 bits per heavy atom. The zero-order valence-electron chi connectivity index (χ0n) is 12.0. The van der Waals surface area contributed by atoms with Crippen LogP contribution in [0.25, 0.3) is 0 Å². The number of ether oxygens (including phenoxy) is 2. The fourth-order valence-electron chi connectivity index (χ4n) is 2.37. The zero-order valence-corrected chi connectivity index (χ0v) is 12.0. The minimum Gasteiger partial charge on any atom is -0.480 e. The molecule has 1 fully saturated rings. The molecule has 0 spiro atoms. The summed E-state index contributed by atoms with van der Waals surface area (Å²) in [7, 11) is 2.80. The van der Waals surface area contributed by atoms with Crippen LogP contribution in [0.1, 0.15) is 23.7 Å². The number of methoxy groups -OCH3 is 2. The molecular formula is C14H20N2O4. The lowest BCUT2D eigenvalue weighted by Crippen LogP contribution is -2.42. The average Bonchev–Trinajstić information content (AvgIpc) is 2.48. The predicted molar refractivity (Wildman–Crippen MR) is 74.1 cm³/mol. The maximum Gasteiger partial charge on any atom is 0.343 e. The molecule has 1 saturated heterocycles. The van der Waals surface area contributed by atoms with Gasteiger partial charge in [0.25, 0.3) is 0 Å². The van der Waals surface area contributed by atoms with Gasteiger partial charge in [0.15, 0.2) is 0 Å². The van der Waals surface area contributed by atoms with E-state index >= 15 is 0 Å². The quantitative estimate of drug-likeness (QED) is 0.835. The Morgan fingerprint density at radius 1 is 1.45 bits per heavy atom. The highest BCUT2D eigenvalue weighted by Crippen LogP contribution is 2.25. The van der Waals surface area contributed by atoms with Crippen molar-refractivity contribution >= 4 is 11.8 Å². The summed E-state index contributed by atoms with van der Waals surface area (Å²) in [6, 6.07) is 3.43. The van der Waals surface area contributed by atoms with Crippen LogP contribution >= 0.6 is 0 Å².